The summed E-state index contributed by atoms with van der Waals surface area (Å²) in [5.41, 5.74) is 7.54. The van der Waals surface area contributed by atoms with Crippen molar-refractivity contribution in [2.45, 2.75) is 6.61 Å². The highest BCUT2D eigenvalue weighted by atomic mass is 79.9. The third-order valence-corrected chi connectivity index (χ3v) is 3.54. The molecule has 0 aromatic heterocycles. The fraction of sp³-hybridized carbons (Fsp3) is 0.200. The number of benzene rings is 2. The monoisotopic (exact) mass is 335 g/mol. The molecule has 2 aromatic rings. The number of halogens is 1. The number of ether oxygens (including phenoxy) is 3. The average molecular weight is 336 g/mol. The van der Waals surface area contributed by atoms with Crippen LogP contribution in [0.15, 0.2) is 40.9 Å². The molecule has 104 valence electrons. The van der Waals surface area contributed by atoms with Crippen LogP contribution in [-0.2, 0) is 6.61 Å². The van der Waals surface area contributed by atoms with E-state index in [0.29, 0.717) is 31.3 Å². The zero-order valence-electron chi connectivity index (χ0n) is 10.8. The number of rotatable bonds is 3. The van der Waals surface area contributed by atoms with Crippen molar-refractivity contribution in [2.75, 3.05) is 18.9 Å². The van der Waals surface area contributed by atoms with Gasteiger partial charge in [0.2, 0.25) is 0 Å². The van der Waals surface area contributed by atoms with Gasteiger partial charge >= 0.3 is 0 Å². The minimum absolute atomic E-state index is 0.393. The van der Waals surface area contributed by atoms with Crippen LogP contribution in [0.2, 0.25) is 0 Å². The van der Waals surface area contributed by atoms with Gasteiger partial charge in [0.25, 0.3) is 0 Å². The van der Waals surface area contributed by atoms with E-state index in [1.165, 1.54) is 0 Å². The Balaban J connectivity index is 1.75. The van der Waals surface area contributed by atoms with Crippen molar-refractivity contribution in [3.8, 4) is 17.2 Å². The fourth-order valence-electron chi connectivity index (χ4n) is 1.96. The van der Waals surface area contributed by atoms with E-state index in [2.05, 4.69) is 15.9 Å². The maximum absolute atomic E-state index is 6.01. The minimum Gasteiger partial charge on any atom is -0.489 e. The highest BCUT2D eigenvalue weighted by Gasteiger charge is 2.14. The molecule has 0 radical (unpaired) electrons. The van der Waals surface area contributed by atoms with Crippen LogP contribution < -0.4 is 19.9 Å². The molecular formula is C15H14BrNO3. The molecule has 0 amide bonds. The molecule has 0 bridgehead atoms. The summed E-state index contributed by atoms with van der Waals surface area (Å²) in [6.07, 6.45) is 0. The van der Waals surface area contributed by atoms with E-state index < -0.39 is 0 Å². The van der Waals surface area contributed by atoms with E-state index in [4.69, 9.17) is 19.9 Å². The van der Waals surface area contributed by atoms with Crippen molar-refractivity contribution in [1.29, 1.82) is 0 Å². The highest BCUT2D eigenvalue weighted by Crippen LogP contribution is 2.34. The lowest BCUT2D eigenvalue weighted by Gasteiger charge is -2.20. The van der Waals surface area contributed by atoms with Crippen LogP contribution in [0, 0.1) is 0 Å². The molecule has 0 fully saturated rings. The van der Waals surface area contributed by atoms with Crippen molar-refractivity contribution in [3.63, 3.8) is 0 Å². The minimum atomic E-state index is 0.393. The van der Waals surface area contributed by atoms with Gasteiger partial charge in [-0.15, -0.1) is 0 Å². The molecule has 1 aliphatic rings. The quantitative estimate of drug-likeness (QED) is 0.873. The first-order valence-corrected chi connectivity index (χ1v) is 7.08. The van der Waals surface area contributed by atoms with Crippen LogP contribution >= 0.6 is 15.9 Å². The number of fused-ring (bicyclic) bond motifs is 1. The predicted molar refractivity (Wildman–Crippen MR) is 80.3 cm³/mol. The molecule has 0 atom stereocenters. The highest BCUT2D eigenvalue weighted by molar-refractivity contribution is 9.10. The van der Waals surface area contributed by atoms with Crippen molar-refractivity contribution < 1.29 is 14.2 Å². The molecule has 2 N–H and O–H groups in total. The van der Waals surface area contributed by atoms with Crippen LogP contribution in [0.3, 0.4) is 0 Å². The van der Waals surface area contributed by atoms with Gasteiger partial charge in [0, 0.05) is 21.8 Å². The number of nitrogens with two attached hydrogens (primary N) is 1. The van der Waals surface area contributed by atoms with Gasteiger partial charge in [0.05, 0.1) is 0 Å². The predicted octanol–water partition coefficient (Wildman–Crippen LogP) is 3.38. The Bertz CT molecular complexity index is 613. The van der Waals surface area contributed by atoms with Crippen LogP contribution in [0.4, 0.5) is 5.69 Å². The Morgan fingerprint density at radius 3 is 2.40 bits per heavy atom. The van der Waals surface area contributed by atoms with E-state index in [0.717, 1.165) is 21.5 Å². The van der Waals surface area contributed by atoms with E-state index in [9.17, 15) is 0 Å². The summed E-state index contributed by atoms with van der Waals surface area (Å²) >= 11 is 3.39. The molecule has 1 aliphatic heterocycles. The maximum Gasteiger partial charge on any atom is 0.163 e. The summed E-state index contributed by atoms with van der Waals surface area (Å²) in [7, 11) is 0. The largest absolute Gasteiger partial charge is 0.489 e. The normalized spacial score (nSPS) is 13.1. The second-order valence-electron chi connectivity index (χ2n) is 4.44. The Morgan fingerprint density at radius 2 is 1.70 bits per heavy atom. The Morgan fingerprint density at radius 1 is 1.05 bits per heavy atom. The van der Waals surface area contributed by atoms with Crippen molar-refractivity contribution in [2.24, 2.45) is 0 Å². The summed E-state index contributed by atoms with van der Waals surface area (Å²) in [4.78, 5) is 0. The zero-order valence-corrected chi connectivity index (χ0v) is 12.4. The van der Waals surface area contributed by atoms with E-state index >= 15 is 0 Å². The van der Waals surface area contributed by atoms with Crippen LogP contribution in [0.25, 0.3) is 0 Å². The second-order valence-corrected chi connectivity index (χ2v) is 5.35. The van der Waals surface area contributed by atoms with Crippen LogP contribution in [0.5, 0.6) is 17.2 Å². The van der Waals surface area contributed by atoms with Gasteiger partial charge in [0.15, 0.2) is 11.5 Å². The lowest BCUT2D eigenvalue weighted by molar-refractivity contribution is 0.171. The number of anilines is 1. The third-order valence-electron chi connectivity index (χ3n) is 3.01. The van der Waals surface area contributed by atoms with Gasteiger partial charge in [-0.1, -0.05) is 15.9 Å². The molecule has 0 saturated carbocycles. The van der Waals surface area contributed by atoms with Gasteiger partial charge in [0.1, 0.15) is 25.6 Å². The van der Waals surface area contributed by atoms with Gasteiger partial charge in [-0.2, -0.15) is 0 Å². The topological polar surface area (TPSA) is 53.7 Å². The molecular weight excluding hydrogens is 322 g/mol. The number of hydrogen-bond acceptors (Lipinski definition) is 4. The number of nitrogen functional groups attached to an aromatic ring is 1. The van der Waals surface area contributed by atoms with E-state index in [-0.39, 0.29) is 0 Å². The lowest BCUT2D eigenvalue weighted by Crippen LogP contribution is -2.16. The van der Waals surface area contributed by atoms with Crippen molar-refractivity contribution in [3.05, 3.63) is 46.4 Å². The third kappa shape index (κ3) is 2.82. The first kappa shape index (κ1) is 13.1. The molecule has 0 aliphatic carbocycles. The summed E-state index contributed by atoms with van der Waals surface area (Å²) in [6.45, 7) is 1.51. The molecule has 5 heteroatoms. The standard InChI is InChI=1S/C15H14BrNO3/c16-11-1-3-12(4-2-11)20-9-10-7-14-15(8-13(10)17)19-6-5-18-14/h1-4,7-8H,5-6,9,17H2. The molecule has 0 unspecified atom stereocenters. The molecule has 0 saturated heterocycles. The zero-order chi connectivity index (χ0) is 13.9. The van der Waals surface area contributed by atoms with Gasteiger partial charge in [-0.3, -0.25) is 0 Å². The smallest absolute Gasteiger partial charge is 0.163 e. The van der Waals surface area contributed by atoms with Gasteiger partial charge in [-0.05, 0) is 30.3 Å². The SMILES string of the molecule is Nc1cc2c(cc1COc1ccc(Br)cc1)OCCO2. The van der Waals surface area contributed by atoms with Crippen LogP contribution in [0.1, 0.15) is 5.56 Å². The lowest BCUT2D eigenvalue weighted by atomic mass is 10.1. The van der Waals surface area contributed by atoms with Crippen LogP contribution in [-0.4, -0.2) is 13.2 Å². The van der Waals surface area contributed by atoms with Gasteiger partial charge in [-0.25, -0.2) is 0 Å². The molecule has 1 heterocycles. The van der Waals surface area contributed by atoms with Crippen molar-refractivity contribution >= 4 is 21.6 Å². The maximum atomic E-state index is 6.01. The van der Waals surface area contributed by atoms with Gasteiger partial charge < -0.3 is 19.9 Å². The molecule has 0 spiro atoms. The Kier molecular flexibility index (Phi) is 3.69. The first-order chi connectivity index (χ1) is 9.72. The molecule has 4 nitrogen and oxygen atoms in total. The average Bonchev–Trinajstić information content (AvgIpc) is 2.47. The van der Waals surface area contributed by atoms with E-state index in [1.54, 1.807) is 6.07 Å². The summed E-state index contributed by atoms with van der Waals surface area (Å²) in [5.74, 6) is 2.21. The Hall–Kier alpha value is -1.88. The molecule has 3 rings (SSSR count). The molecule has 2 aromatic carbocycles. The number of hydrogen-bond donors (Lipinski definition) is 1. The summed E-state index contributed by atoms with van der Waals surface area (Å²) < 4.78 is 17.8. The molecule has 20 heavy (non-hydrogen) atoms. The summed E-state index contributed by atoms with van der Waals surface area (Å²) in [6, 6.07) is 11.3. The summed E-state index contributed by atoms with van der Waals surface area (Å²) in [5, 5.41) is 0. The fourth-order valence-corrected chi connectivity index (χ4v) is 2.23. The van der Waals surface area contributed by atoms with E-state index in [1.807, 2.05) is 30.3 Å². The Labute approximate surface area is 125 Å². The second kappa shape index (κ2) is 5.63. The van der Waals surface area contributed by atoms with Crippen molar-refractivity contribution in [1.82, 2.24) is 0 Å². The first-order valence-electron chi connectivity index (χ1n) is 6.29.